The second-order valence-corrected chi connectivity index (χ2v) is 8.95. The molecular formula is C26H36F2N2. The number of benzene rings is 1. The quantitative estimate of drug-likeness (QED) is 0.372. The van der Waals surface area contributed by atoms with Gasteiger partial charge in [0.15, 0.2) is 11.6 Å². The molecule has 0 spiro atoms. The zero-order valence-corrected chi connectivity index (χ0v) is 18.6. The van der Waals surface area contributed by atoms with Crippen molar-refractivity contribution in [2.75, 3.05) is 0 Å². The minimum Gasteiger partial charge on any atom is -0.203 e. The molecular weight excluding hydrogens is 378 g/mol. The van der Waals surface area contributed by atoms with Gasteiger partial charge in [-0.1, -0.05) is 71.3 Å². The van der Waals surface area contributed by atoms with Gasteiger partial charge in [-0.2, -0.15) is 10.2 Å². The van der Waals surface area contributed by atoms with Gasteiger partial charge >= 0.3 is 0 Å². The minimum atomic E-state index is -0.799. The van der Waals surface area contributed by atoms with E-state index in [-0.39, 0.29) is 5.56 Å². The van der Waals surface area contributed by atoms with Crippen molar-refractivity contribution < 1.29 is 8.78 Å². The largest absolute Gasteiger partial charge is 0.203 e. The molecule has 0 atom stereocenters. The van der Waals surface area contributed by atoms with Crippen molar-refractivity contribution in [1.29, 1.82) is 0 Å². The van der Waals surface area contributed by atoms with E-state index in [0.717, 1.165) is 30.9 Å². The number of hydrogen-bond acceptors (Lipinski definition) is 2. The van der Waals surface area contributed by atoms with Gasteiger partial charge in [0.05, 0.1) is 11.4 Å². The van der Waals surface area contributed by atoms with E-state index in [1.165, 1.54) is 51.4 Å². The molecule has 0 radical (unpaired) electrons. The highest BCUT2D eigenvalue weighted by atomic mass is 19.2. The van der Waals surface area contributed by atoms with Crippen LogP contribution in [0.4, 0.5) is 8.78 Å². The maximum absolute atomic E-state index is 14.8. The average Bonchev–Trinajstić information content (AvgIpc) is 2.79. The van der Waals surface area contributed by atoms with Crippen LogP contribution in [0.3, 0.4) is 0 Å². The van der Waals surface area contributed by atoms with Crippen molar-refractivity contribution in [3.63, 3.8) is 0 Å². The van der Waals surface area contributed by atoms with Crippen LogP contribution >= 0.6 is 0 Å². The lowest BCUT2D eigenvalue weighted by molar-refractivity contribution is 0.258. The van der Waals surface area contributed by atoms with Crippen molar-refractivity contribution >= 4 is 0 Å². The van der Waals surface area contributed by atoms with Gasteiger partial charge in [0.2, 0.25) is 0 Å². The van der Waals surface area contributed by atoms with E-state index < -0.39 is 11.6 Å². The lowest BCUT2D eigenvalue weighted by Gasteiger charge is -2.27. The third-order valence-corrected chi connectivity index (χ3v) is 6.81. The first-order chi connectivity index (χ1) is 14.6. The molecule has 3 rings (SSSR count). The number of hydrogen-bond donors (Lipinski definition) is 0. The van der Waals surface area contributed by atoms with Crippen LogP contribution in [0.25, 0.3) is 11.3 Å². The molecule has 0 aliphatic heterocycles. The molecule has 2 aromatic rings. The van der Waals surface area contributed by atoms with E-state index in [2.05, 4.69) is 24.0 Å². The molecule has 0 N–H and O–H groups in total. The van der Waals surface area contributed by atoms with Gasteiger partial charge < -0.3 is 0 Å². The number of rotatable bonds is 10. The Balaban J connectivity index is 1.59. The molecule has 0 unspecified atom stereocenters. The molecule has 1 heterocycles. The third kappa shape index (κ3) is 6.09. The number of aromatic nitrogens is 2. The smallest absolute Gasteiger partial charge is 0.168 e. The van der Waals surface area contributed by atoms with Crippen LogP contribution in [0.15, 0.2) is 24.3 Å². The Hall–Kier alpha value is -1.84. The van der Waals surface area contributed by atoms with Crippen LogP contribution in [-0.2, 0) is 12.8 Å². The fourth-order valence-corrected chi connectivity index (χ4v) is 4.64. The number of unbranched alkanes of at least 4 members (excludes halogenated alkanes) is 3. The minimum absolute atomic E-state index is 0.199. The predicted octanol–water partition coefficient (Wildman–Crippen LogP) is 7.69. The van der Waals surface area contributed by atoms with Crippen LogP contribution < -0.4 is 0 Å². The summed E-state index contributed by atoms with van der Waals surface area (Å²) >= 11 is 0. The topological polar surface area (TPSA) is 25.8 Å². The van der Waals surface area contributed by atoms with Crippen molar-refractivity contribution in [3.8, 4) is 11.3 Å². The molecule has 1 fully saturated rings. The van der Waals surface area contributed by atoms with Crippen molar-refractivity contribution in [2.24, 2.45) is 11.8 Å². The van der Waals surface area contributed by atoms with Gasteiger partial charge in [-0.3, -0.25) is 0 Å². The molecule has 0 amide bonds. The Morgan fingerprint density at radius 1 is 0.800 bits per heavy atom. The molecule has 0 saturated heterocycles. The Morgan fingerprint density at radius 3 is 2.23 bits per heavy atom. The summed E-state index contributed by atoms with van der Waals surface area (Å²) in [5.41, 5.74) is 1.98. The standard InChI is InChI=1S/C26H36F2N2/c1-3-5-6-7-8-22-16-18-24(30-29-22)23-17-15-21(25(27)26(23)28)14-13-20-11-9-19(4-2)10-12-20/h15-20H,3-14H2,1-2H3. The molecule has 1 aliphatic carbocycles. The SMILES string of the molecule is CCCCCCc1ccc(-c2ccc(CCC3CCC(CC)CC3)c(F)c2F)nn1. The second kappa shape index (κ2) is 11.5. The van der Waals surface area contributed by atoms with Gasteiger partial charge in [-0.15, -0.1) is 0 Å². The Labute approximate surface area is 180 Å². The molecule has 164 valence electrons. The summed E-state index contributed by atoms with van der Waals surface area (Å²) in [6.45, 7) is 4.45. The van der Waals surface area contributed by atoms with Crippen molar-refractivity contribution in [1.82, 2.24) is 10.2 Å². The Bertz CT molecular complexity index is 780. The number of nitrogens with zero attached hydrogens (tertiary/aromatic N) is 2. The van der Waals surface area contributed by atoms with Gasteiger partial charge in [0, 0.05) is 5.56 Å². The number of halogens is 2. The lowest BCUT2D eigenvalue weighted by atomic mass is 9.78. The third-order valence-electron chi connectivity index (χ3n) is 6.81. The van der Waals surface area contributed by atoms with Gasteiger partial charge in [0.25, 0.3) is 0 Å². The van der Waals surface area contributed by atoms with E-state index in [0.29, 0.717) is 23.6 Å². The lowest BCUT2D eigenvalue weighted by Crippen LogP contribution is -2.14. The van der Waals surface area contributed by atoms with Gasteiger partial charge in [-0.25, -0.2) is 8.78 Å². The van der Waals surface area contributed by atoms with Gasteiger partial charge in [0.1, 0.15) is 0 Å². The first kappa shape index (κ1) is 22.8. The van der Waals surface area contributed by atoms with Crippen LogP contribution in [0.5, 0.6) is 0 Å². The first-order valence-corrected chi connectivity index (χ1v) is 11.9. The predicted molar refractivity (Wildman–Crippen MR) is 119 cm³/mol. The highest BCUT2D eigenvalue weighted by Crippen LogP contribution is 2.34. The summed E-state index contributed by atoms with van der Waals surface area (Å²) in [6, 6.07) is 7.02. The summed E-state index contributed by atoms with van der Waals surface area (Å²) in [6.07, 6.45) is 13.4. The summed E-state index contributed by atoms with van der Waals surface area (Å²) in [5, 5.41) is 8.37. The fourth-order valence-electron chi connectivity index (χ4n) is 4.64. The monoisotopic (exact) mass is 414 g/mol. The van der Waals surface area contributed by atoms with Crippen LogP contribution in [0, 0.1) is 23.5 Å². The zero-order valence-electron chi connectivity index (χ0n) is 18.6. The molecule has 1 saturated carbocycles. The average molecular weight is 415 g/mol. The molecule has 4 heteroatoms. The summed E-state index contributed by atoms with van der Waals surface area (Å²) < 4.78 is 29.5. The second-order valence-electron chi connectivity index (χ2n) is 8.95. The highest BCUT2D eigenvalue weighted by Gasteiger charge is 2.21. The fraction of sp³-hybridized carbons (Fsp3) is 0.615. The summed E-state index contributed by atoms with van der Waals surface area (Å²) in [5.74, 6) is -0.0170. The van der Waals surface area contributed by atoms with Crippen LogP contribution in [0.2, 0.25) is 0 Å². The van der Waals surface area contributed by atoms with E-state index in [1.807, 2.05) is 6.07 Å². The van der Waals surface area contributed by atoms with E-state index in [9.17, 15) is 8.78 Å². The highest BCUT2D eigenvalue weighted by molar-refractivity contribution is 5.60. The van der Waals surface area contributed by atoms with Crippen LogP contribution in [-0.4, -0.2) is 10.2 Å². The maximum Gasteiger partial charge on any atom is 0.168 e. The molecule has 2 nitrogen and oxygen atoms in total. The summed E-state index contributed by atoms with van der Waals surface area (Å²) in [4.78, 5) is 0. The van der Waals surface area contributed by atoms with E-state index in [1.54, 1.807) is 18.2 Å². The molecule has 1 aromatic heterocycles. The van der Waals surface area contributed by atoms with E-state index in [4.69, 9.17) is 0 Å². The first-order valence-electron chi connectivity index (χ1n) is 11.9. The normalized spacial score (nSPS) is 19.2. The zero-order chi connectivity index (χ0) is 21.3. The Kier molecular flexibility index (Phi) is 8.77. The molecule has 0 bridgehead atoms. The van der Waals surface area contributed by atoms with E-state index >= 15 is 0 Å². The maximum atomic E-state index is 14.8. The number of aryl methyl sites for hydroxylation is 2. The Morgan fingerprint density at radius 2 is 1.57 bits per heavy atom. The summed E-state index contributed by atoms with van der Waals surface area (Å²) in [7, 11) is 0. The molecule has 1 aromatic carbocycles. The van der Waals surface area contributed by atoms with Crippen molar-refractivity contribution in [2.45, 2.75) is 90.9 Å². The van der Waals surface area contributed by atoms with Crippen molar-refractivity contribution in [3.05, 3.63) is 47.2 Å². The van der Waals surface area contributed by atoms with Crippen LogP contribution in [0.1, 0.15) is 89.3 Å². The molecule has 30 heavy (non-hydrogen) atoms. The molecule has 1 aliphatic rings. The van der Waals surface area contributed by atoms with Gasteiger partial charge in [-0.05, 0) is 61.3 Å².